The first kappa shape index (κ1) is 12.6. The van der Waals surface area contributed by atoms with Crippen molar-refractivity contribution in [2.24, 2.45) is 0 Å². The summed E-state index contributed by atoms with van der Waals surface area (Å²) in [5.41, 5.74) is 1.16. The van der Waals surface area contributed by atoms with Crippen molar-refractivity contribution in [3.63, 3.8) is 0 Å². The number of rotatable bonds is 4. The van der Waals surface area contributed by atoms with Crippen LogP contribution in [0.5, 0.6) is 0 Å². The Kier molecular flexibility index (Phi) is 4.54. The monoisotopic (exact) mass is 236 g/mol. The Labute approximate surface area is 102 Å². The van der Waals surface area contributed by atoms with Gasteiger partial charge < -0.3 is 14.6 Å². The zero-order valence-electron chi connectivity index (χ0n) is 10.2. The second-order valence-electron chi connectivity index (χ2n) is 4.53. The molecule has 0 spiro atoms. The van der Waals surface area contributed by atoms with E-state index < -0.39 is 6.10 Å². The van der Waals surface area contributed by atoms with Gasteiger partial charge in [0.25, 0.3) is 0 Å². The molecule has 3 nitrogen and oxygen atoms in total. The van der Waals surface area contributed by atoms with E-state index in [-0.39, 0.29) is 12.2 Å². The third-order valence-electron chi connectivity index (χ3n) is 3.31. The van der Waals surface area contributed by atoms with Gasteiger partial charge in [0.15, 0.2) is 0 Å². The molecule has 0 bridgehead atoms. The van der Waals surface area contributed by atoms with Crippen LogP contribution in [0.3, 0.4) is 0 Å². The van der Waals surface area contributed by atoms with Crippen LogP contribution in [0.25, 0.3) is 0 Å². The molecule has 1 aliphatic carbocycles. The van der Waals surface area contributed by atoms with Gasteiger partial charge in [-0.05, 0) is 24.8 Å². The molecule has 3 heteroatoms. The first-order valence-electron chi connectivity index (χ1n) is 6.17. The summed E-state index contributed by atoms with van der Waals surface area (Å²) in [6.45, 7) is 0.581. The van der Waals surface area contributed by atoms with Crippen molar-refractivity contribution in [1.82, 2.24) is 0 Å². The highest BCUT2D eigenvalue weighted by atomic mass is 16.5. The first-order chi connectivity index (χ1) is 8.31. The van der Waals surface area contributed by atoms with Crippen molar-refractivity contribution in [2.45, 2.75) is 44.2 Å². The van der Waals surface area contributed by atoms with Gasteiger partial charge >= 0.3 is 0 Å². The van der Waals surface area contributed by atoms with Crippen LogP contribution in [0.15, 0.2) is 30.3 Å². The molecule has 3 atom stereocenters. The summed E-state index contributed by atoms with van der Waals surface area (Å²) < 4.78 is 11.2. The molecule has 0 unspecified atom stereocenters. The van der Waals surface area contributed by atoms with E-state index in [2.05, 4.69) is 0 Å². The minimum atomic E-state index is -0.394. The molecule has 1 aliphatic rings. The van der Waals surface area contributed by atoms with Crippen LogP contribution in [-0.2, 0) is 16.1 Å². The quantitative estimate of drug-likeness (QED) is 0.870. The Morgan fingerprint density at radius 3 is 2.71 bits per heavy atom. The third-order valence-corrected chi connectivity index (χ3v) is 3.31. The molecule has 0 heterocycles. The van der Waals surface area contributed by atoms with Gasteiger partial charge in [-0.3, -0.25) is 0 Å². The summed E-state index contributed by atoms with van der Waals surface area (Å²) in [5, 5.41) is 9.83. The first-order valence-corrected chi connectivity index (χ1v) is 6.17. The van der Waals surface area contributed by atoms with Gasteiger partial charge in [0, 0.05) is 7.11 Å². The lowest BCUT2D eigenvalue weighted by molar-refractivity contribution is -0.133. The zero-order valence-corrected chi connectivity index (χ0v) is 10.2. The molecule has 1 aromatic carbocycles. The van der Waals surface area contributed by atoms with E-state index in [1.165, 1.54) is 0 Å². The van der Waals surface area contributed by atoms with Crippen LogP contribution in [0.1, 0.15) is 24.8 Å². The summed E-state index contributed by atoms with van der Waals surface area (Å²) >= 11 is 0. The molecule has 17 heavy (non-hydrogen) atoms. The number of hydrogen-bond donors (Lipinski definition) is 1. The topological polar surface area (TPSA) is 38.7 Å². The Balaban J connectivity index is 1.89. The van der Waals surface area contributed by atoms with Crippen LogP contribution in [-0.4, -0.2) is 30.5 Å². The molecule has 1 aromatic rings. The van der Waals surface area contributed by atoms with E-state index in [9.17, 15) is 5.11 Å². The molecule has 94 valence electrons. The maximum absolute atomic E-state index is 9.83. The van der Waals surface area contributed by atoms with Crippen molar-refractivity contribution in [3.8, 4) is 0 Å². The number of benzene rings is 1. The summed E-state index contributed by atoms with van der Waals surface area (Å²) in [4.78, 5) is 0. The number of hydrogen-bond acceptors (Lipinski definition) is 3. The molecule has 1 fully saturated rings. The van der Waals surface area contributed by atoms with Gasteiger partial charge in [-0.2, -0.15) is 0 Å². The lowest BCUT2D eigenvalue weighted by Gasteiger charge is -2.34. The van der Waals surface area contributed by atoms with Crippen molar-refractivity contribution in [1.29, 1.82) is 0 Å². The van der Waals surface area contributed by atoms with Crippen LogP contribution in [0.4, 0.5) is 0 Å². The highest BCUT2D eigenvalue weighted by Crippen LogP contribution is 2.24. The van der Waals surface area contributed by atoms with E-state index >= 15 is 0 Å². The number of aliphatic hydroxyl groups is 1. The minimum Gasteiger partial charge on any atom is -0.390 e. The Hall–Kier alpha value is -0.900. The van der Waals surface area contributed by atoms with Crippen LogP contribution in [0.2, 0.25) is 0 Å². The fourth-order valence-corrected chi connectivity index (χ4v) is 2.37. The molecule has 0 amide bonds. The fraction of sp³-hybridized carbons (Fsp3) is 0.571. The second-order valence-corrected chi connectivity index (χ2v) is 4.53. The zero-order chi connectivity index (χ0) is 12.1. The normalized spacial score (nSPS) is 29.2. The van der Waals surface area contributed by atoms with Gasteiger partial charge in [0.1, 0.15) is 6.10 Å². The molecule has 0 aliphatic heterocycles. The average Bonchev–Trinajstić information content (AvgIpc) is 2.37. The summed E-state index contributed by atoms with van der Waals surface area (Å²) in [6, 6.07) is 10.1. The smallest absolute Gasteiger partial charge is 0.109 e. The predicted molar refractivity (Wildman–Crippen MR) is 65.7 cm³/mol. The Morgan fingerprint density at radius 2 is 2.00 bits per heavy atom. The second kappa shape index (κ2) is 6.15. The SMILES string of the molecule is CO[C@H]1[C@@H](OCc2ccccc2)CCC[C@@H]1O. The van der Waals surface area contributed by atoms with Crippen molar-refractivity contribution in [2.75, 3.05) is 7.11 Å². The molecular weight excluding hydrogens is 216 g/mol. The summed E-state index contributed by atoms with van der Waals surface area (Å²) in [6.07, 6.45) is 2.19. The summed E-state index contributed by atoms with van der Waals surface area (Å²) in [7, 11) is 1.64. The number of aliphatic hydroxyl groups excluding tert-OH is 1. The molecule has 1 N–H and O–H groups in total. The highest BCUT2D eigenvalue weighted by molar-refractivity contribution is 5.13. The summed E-state index contributed by atoms with van der Waals surface area (Å²) in [5.74, 6) is 0. The van der Waals surface area contributed by atoms with E-state index in [1.54, 1.807) is 7.11 Å². The highest BCUT2D eigenvalue weighted by Gasteiger charge is 2.32. The molecular formula is C14H20O3. The standard InChI is InChI=1S/C14H20O3/c1-16-14-12(15)8-5-9-13(14)17-10-11-6-3-2-4-7-11/h2-4,6-7,12-15H,5,8-10H2,1H3/t12-,13-,14+/m0/s1. The molecule has 0 radical (unpaired) electrons. The van der Waals surface area contributed by atoms with E-state index in [0.29, 0.717) is 6.61 Å². The average molecular weight is 236 g/mol. The van der Waals surface area contributed by atoms with Crippen LogP contribution < -0.4 is 0 Å². The van der Waals surface area contributed by atoms with Gasteiger partial charge in [-0.15, -0.1) is 0 Å². The van der Waals surface area contributed by atoms with Crippen molar-refractivity contribution >= 4 is 0 Å². The van der Waals surface area contributed by atoms with Gasteiger partial charge in [-0.1, -0.05) is 30.3 Å². The van der Waals surface area contributed by atoms with E-state index in [4.69, 9.17) is 9.47 Å². The number of ether oxygens (including phenoxy) is 2. The van der Waals surface area contributed by atoms with Crippen molar-refractivity contribution in [3.05, 3.63) is 35.9 Å². The lowest BCUT2D eigenvalue weighted by atomic mass is 9.92. The predicted octanol–water partition coefficient (Wildman–Crippen LogP) is 2.13. The van der Waals surface area contributed by atoms with Gasteiger partial charge in [-0.25, -0.2) is 0 Å². The molecule has 1 saturated carbocycles. The van der Waals surface area contributed by atoms with Crippen molar-refractivity contribution < 1.29 is 14.6 Å². The van der Waals surface area contributed by atoms with Crippen LogP contribution >= 0.6 is 0 Å². The number of methoxy groups -OCH3 is 1. The Morgan fingerprint density at radius 1 is 1.24 bits per heavy atom. The molecule has 0 saturated heterocycles. The lowest BCUT2D eigenvalue weighted by Crippen LogP contribution is -2.43. The van der Waals surface area contributed by atoms with Crippen LogP contribution in [0, 0.1) is 0 Å². The maximum Gasteiger partial charge on any atom is 0.109 e. The maximum atomic E-state index is 9.83. The third kappa shape index (κ3) is 3.28. The Bertz CT molecular complexity index is 325. The van der Waals surface area contributed by atoms with E-state index in [1.807, 2.05) is 30.3 Å². The molecule has 2 rings (SSSR count). The van der Waals surface area contributed by atoms with E-state index in [0.717, 1.165) is 24.8 Å². The fourth-order valence-electron chi connectivity index (χ4n) is 2.37. The minimum absolute atomic E-state index is 0.00366. The van der Waals surface area contributed by atoms with Gasteiger partial charge in [0.2, 0.25) is 0 Å². The largest absolute Gasteiger partial charge is 0.390 e. The molecule has 0 aromatic heterocycles. The van der Waals surface area contributed by atoms with Gasteiger partial charge in [0.05, 0.1) is 18.8 Å².